The first-order chi connectivity index (χ1) is 10.9. The minimum absolute atomic E-state index is 0.00133. The van der Waals surface area contributed by atoms with E-state index in [-0.39, 0.29) is 17.1 Å². The molecule has 0 aliphatic carbocycles. The molecule has 126 valence electrons. The lowest BCUT2D eigenvalue weighted by Gasteiger charge is -2.26. The van der Waals surface area contributed by atoms with Gasteiger partial charge in [-0.1, -0.05) is 13.8 Å². The monoisotopic (exact) mass is 321 g/mol. The number of rotatable bonds is 6. The minimum atomic E-state index is -0.593. The molecular formula is C15H23N5O3. The zero-order valence-electron chi connectivity index (χ0n) is 13.5. The van der Waals surface area contributed by atoms with Gasteiger partial charge in [0.15, 0.2) is 0 Å². The lowest BCUT2D eigenvalue weighted by atomic mass is 10.1. The molecule has 1 atom stereocenters. The zero-order chi connectivity index (χ0) is 17.0. The number of hydrogen-bond donors (Lipinski definition) is 2. The van der Waals surface area contributed by atoms with E-state index in [9.17, 15) is 14.9 Å². The van der Waals surface area contributed by atoms with Crippen LogP contribution < -0.4 is 11.1 Å². The first kappa shape index (κ1) is 17.1. The molecule has 0 aromatic carbocycles. The quantitative estimate of drug-likeness (QED) is 0.605. The molecule has 1 aromatic heterocycles. The van der Waals surface area contributed by atoms with Gasteiger partial charge in [-0.05, 0) is 25.3 Å². The Bertz CT molecular complexity index is 590. The van der Waals surface area contributed by atoms with Crippen LogP contribution in [-0.4, -0.2) is 46.4 Å². The molecule has 2 heterocycles. The smallest absolute Gasteiger partial charge is 0.288 e. The summed E-state index contributed by atoms with van der Waals surface area (Å²) in [5, 5.41) is 13.6. The van der Waals surface area contributed by atoms with Crippen LogP contribution in [-0.2, 0) is 0 Å². The molecule has 1 amide bonds. The second-order valence-corrected chi connectivity index (χ2v) is 6.28. The van der Waals surface area contributed by atoms with Crippen LogP contribution in [0.1, 0.15) is 37.0 Å². The van der Waals surface area contributed by atoms with E-state index in [0.717, 1.165) is 38.2 Å². The highest BCUT2D eigenvalue weighted by molar-refractivity contribution is 5.98. The molecule has 1 fully saturated rings. The molecule has 0 saturated carbocycles. The van der Waals surface area contributed by atoms with Crippen molar-refractivity contribution in [2.24, 2.45) is 5.92 Å². The van der Waals surface area contributed by atoms with Crippen LogP contribution >= 0.6 is 0 Å². The van der Waals surface area contributed by atoms with E-state index in [1.165, 1.54) is 0 Å². The van der Waals surface area contributed by atoms with Crippen molar-refractivity contribution < 1.29 is 9.72 Å². The number of carbonyl (C=O) groups is 1. The van der Waals surface area contributed by atoms with E-state index in [4.69, 9.17) is 5.73 Å². The molecule has 8 heteroatoms. The topological polar surface area (TPSA) is 114 Å². The Balaban J connectivity index is 1.99. The summed E-state index contributed by atoms with van der Waals surface area (Å²) in [5.74, 6) is 0.150. The molecule has 1 saturated heterocycles. The van der Waals surface area contributed by atoms with Crippen LogP contribution in [0.25, 0.3) is 0 Å². The predicted octanol–water partition coefficient (Wildman–Crippen LogP) is 1.42. The Morgan fingerprint density at radius 2 is 2.35 bits per heavy atom. The van der Waals surface area contributed by atoms with Gasteiger partial charge in [0.05, 0.1) is 10.5 Å². The van der Waals surface area contributed by atoms with Gasteiger partial charge in [0.25, 0.3) is 11.6 Å². The third-order valence-electron chi connectivity index (χ3n) is 3.96. The molecule has 0 spiro atoms. The molecule has 23 heavy (non-hydrogen) atoms. The molecule has 0 bridgehead atoms. The number of pyridine rings is 1. The molecule has 1 aliphatic heterocycles. The zero-order valence-corrected chi connectivity index (χ0v) is 13.5. The van der Waals surface area contributed by atoms with Crippen LogP contribution in [0, 0.1) is 16.0 Å². The van der Waals surface area contributed by atoms with Gasteiger partial charge in [-0.25, -0.2) is 4.98 Å². The van der Waals surface area contributed by atoms with Gasteiger partial charge >= 0.3 is 0 Å². The summed E-state index contributed by atoms with van der Waals surface area (Å²) in [5.41, 5.74) is 5.47. The van der Waals surface area contributed by atoms with Gasteiger partial charge in [0.2, 0.25) is 0 Å². The van der Waals surface area contributed by atoms with Gasteiger partial charge in [0.1, 0.15) is 12.0 Å². The number of anilines is 1. The number of likely N-dealkylation sites (tertiary alicyclic amines) is 1. The number of nitro groups is 1. The van der Waals surface area contributed by atoms with E-state index in [1.54, 1.807) is 0 Å². The third-order valence-corrected chi connectivity index (χ3v) is 3.96. The maximum atomic E-state index is 12.3. The second-order valence-electron chi connectivity index (χ2n) is 6.28. The first-order valence-corrected chi connectivity index (χ1v) is 7.80. The largest absolute Gasteiger partial charge is 0.383 e. The van der Waals surface area contributed by atoms with Crippen molar-refractivity contribution in [2.45, 2.75) is 32.7 Å². The van der Waals surface area contributed by atoms with E-state index < -0.39 is 10.8 Å². The normalized spacial score (nSPS) is 18.3. The fourth-order valence-corrected chi connectivity index (χ4v) is 2.89. The molecule has 3 N–H and O–H groups in total. The van der Waals surface area contributed by atoms with Gasteiger partial charge in [-0.3, -0.25) is 19.8 Å². The fraction of sp³-hybridized carbons (Fsp3) is 0.600. The number of nitrogens with one attached hydrogen (secondary N) is 1. The van der Waals surface area contributed by atoms with Gasteiger partial charge in [-0.15, -0.1) is 0 Å². The van der Waals surface area contributed by atoms with Gasteiger partial charge in [0, 0.05) is 25.2 Å². The van der Waals surface area contributed by atoms with E-state index >= 15 is 0 Å². The number of hydrogen-bond acceptors (Lipinski definition) is 6. The average Bonchev–Trinajstić information content (AvgIpc) is 2.91. The number of nitrogens with zero attached hydrogens (tertiary/aromatic N) is 3. The Morgan fingerprint density at radius 1 is 1.61 bits per heavy atom. The molecule has 8 nitrogen and oxygen atoms in total. The summed E-state index contributed by atoms with van der Waals surface area (Å²) in [7, 11) is 0. The summed E-state index contributed by atoms with van der Waals surface area (Å²) < 4.78 is 0. The number of carbonyl (C=O) groups excluding carboxylic acids is 1. The van der Waals surface area contributed by atoms with Crippen LogP contribution in [0.4, 0.5) is 11.5 Å². The highest BCUT2D eigenvalue weighted by Crippen LogP contribution is 2.19. The van der Waals surface area contributed by atoms with Crippen molar-refractivity contribution in [3.8, 4) is 0 Å². The van der Waals surface area contributed by atoms with Crippen molar-refractivity contribution in [3.05, 3.63) is 27.9 Å². The van der Waals surface area contributed by atoms with Gasteiger partial charge < -0.3 is 11.1 Å². The maximum Gasteiger partial charge on any atom is 0.288 e. The van der Waals surface area contributed by atoms with Gasteiger partial charge in [-0.2, -0.15) is 0 Å². The number of aromatic nitrogens is 1. The summed E-state index contributed by atoms with van der Waals surface area (Å²) in [4.78, 5) is 28.5. The molecular weight excluding hydrogens is 298 g/mol. The molecule has 0 radical (unpaired) electrons. The predicted molar refractivity (Wildman–Crippen MR) is 87.1 cm³/mol. The summed E-state index contributed by atoms with van der Waals surface area (Å²) >= 11 is 0. The SMILES string of the molecule is CC(C)CN1CCC[C@H]1CNC(=O)c1cc([N+](=O)[O-])cnc1N. The standard InChI is InChI=1S/C15H23N5O3/c1-10(2)9-19-5-3-4-11(19)7-18-15(21)13-6-12(20(22)23)8-17-14(13)16/h6,8,10-11H,3-5,7,9H2,1-2H3,(H2,16,17)(H,18,21)/t11-/m0/s1. The first-order valence-electron chi connectivity index (χ1n) is 7.80. The molecule has 2 rings (SSSR count). The molecule has 1 aromatic rings. The number of amides is 1. The second kappa shape index (κ2) is 7.36. The van der Waals surface area contributed by atoms with Crippen molar-refractivity contribution >= 4 is 17.4 Å². The minimum Gasteiger partial charge on any atom is -0.383 e. The van der Waals surface area contributed by atoms with Crippen LogP contribution in [0.3, 0.4) is 0 Å². The number of nitrogens with two attached hydrogens (primary N) is 1. The van der Waals surface area contributed by atoms with E-state index in [2.05, 4.69) is 29.0 Å². The Kier molecular flexibility index (Phi) is 5.49. The Morgan fingerprint density at radius 3 is 3.00 bits per heavy atom. The number of nitrogen functional groups attached to an aromatic ring is 1. The summed E-state index contributed by atoms with van der Waals surface area (Å²) in [6.07, 6.45) is 3.21. The molecule has 1 aliphatic rings. The highest BCUT2D eigenvalue weighted by atomic mass is 16.6. The van der Waals surface area contributed by atoms with Crippen molar-refractivity contribution in [1.29, 1.82) is 0 Å². The van der Waals surface area contributed by atoms with Crippen LogP contribution in [0.5, 0.6) is 0 Å². The lowest BCUT2D eigenvalue weighted by molar-refractivity contribution is -0.385. The summed E-state index contributed by atoms with van der Waals surface area (Å²) in [6.45, 7) is 6.89. The Labute approximate surface area is 135 Å². The highest BCUT2D eigenvalue weighted by Gasteiger charge is 2.26. The van der Waals surface area contributed by atoms with Crippen LogP contribution in [0.15, 0.2) is 12.3 Å². The molecule has 0 unspecified atom stereocenters. The lowest BCUT2D eigenvalue weighted by Crippen LogP contribution is -2.41. The van der Waals surface area contributed by atoms with Crippen molar-refractivity contribution in [1.82, 2.24) is 15.2 Å². The van der Waals surface area contributed by atoms with Crippen molar-refractivity contribution in [2.75, 3.05) is 25.4 Å². The average molecular weight is 321 g/mol. The van der Waals surface area contributed by atoms with Crippen molar-refractivity contribution in [3.63, 3.8) is 0 Å². The van der Waals surface area contributed by atoms with E-state index in [0.29, 0.717) is 18.5 Å². The van der Waals surface area contributed by atoms with Crippen LogP contribution in [0.2, 0.25) is 0 Å². The third kappa shape index (κ3) is 4.38. The Hall–Kier alpha value is -2.22. The maximum absolute atomic E-state index is 12.3. The summed E-state index contributed by atoms with van der Waals surface area (Å²) in [6, 6.07) is 1.47. The van der Waals surface area contributed by atoms with E-state index in [1.807, 2.05) is 0 Å². The fourth-order valence-electron chi connectivity index (χ4n) is 2.89.